The molecule has 3 aromatic carbocycles. The summed E-state index contributed by atoms with van der Waals surface area (Å²) in [6, 6.07) is 23.9. The van der Waals surface area contributed by atoms with Crippen LogP contribution in [0.4, 0.5) is 4.39 Å². The molecule has 0 unspecified atom stereocenters. The standard InChI is InChI=1S/C22H19FN4OS/c23-19-12-10-16(11-13-19)15-28-20-9-5-4-8-18(20)14-24-27-21(25-26-22(27)29)17-6-2-1-3-7-17/h1-13,24H,14-15H2,(H,26,29). The zero-order valence-electron chi connectivity index (χ0n) is 15.5. The lowest BCUT2D eigenvalue weighted by atomic mass is 10.2. The van der Waals surface area contributed by atoms with Crippen molar-refractivity contribution in [3.8, 4) is 17.1 Å². The average molecular weight is 406 g/mol. The van der Waals surface area contributed by atoms with Crippen LogP contribution in [-0.4, -0.2) is 14.9 Å². The highest BCUT2D eigenvalue weighted by atomic mass is 32.1. The van der Waals surface area contributed by atoms with Gasteiger partial charge in [-0.25, -0.2) is 14.2 Å². The molecular formula is C22H19FN4OS. The zero-order valence-corrected chi connectivity index (χ0v) is 16.3. The fraction of sp³-hybridized carbons (Fsp3) is 0.0909. The summed E-state index contributed by atoms with van der Waals surface area (Å²) in [5, 5.41) is 7.15. The lowest BCUT2D eigenvalue weighted by Crippen LogP contribution is -2.16. The first kappa shape index (κ1) is 18.9. The van der Waals surface area contributed by atoms with Gasteiger partial charge in [-0.05, 0) is 36.0 Å². The van der Waals surface area contributed by atoms with Crippen molar-refractivity contribution < 1.29 is 9.13 Å². The van der Waals surface area contributed by atoms with Crippen LogP contribution in [0.5, 0.6) is 5.75 Å². The first-order valence-corrected chi connectivity index (χ1v) is 9.53. The number of para-hydroxylation sites is 1. The van der Waals surface area contributed by atoms with Crippen LogP contribution >= 0.6 is 12.2 Å². The number of hydrogen-bond donors (Lipinski definition) is 2. The molecule has 0 fully saturated rings. The number of rotatable bonds is 7. The highest BCUT2D eigenvalue weighted by Gasteiger charge is 2.10. The second-order valence-electron chi connectivity index (χ2n) is 6.41. The Hall–Kier alpha value is -3.45. The Morgan fingerprint density at radius 1 is 0.966 bits per heavy atom. The third-order valence-corrected chi connectivity index (χ3v) is 4.69. The zero-order chi connectivity index (χ0) is 20.1. The summed E-state index contributed by atoms with van der Waals surface area (Å²) in [5.74, 6) is 1.20. The van der Waals surface area contributed by atoms with Crippen molar-refractivity contribution in [2.45, 2.75) is 13.2 Å². The van der Waals surface area contributed by atoms with E-state index < -0.39 is 0 Å². The molecule has 0 atom stereocenters. The molecule has 146 valence electrons. The molecule has 1 heterocycles. The van der Waals surface area contributed by atoms with Crippen LogP contribution < -0.4 is 10.2 Å². The maximum atomic E-state index is 13.1. The number of aromatic nitrogens is 3. The maximum Gasteiger partial charge on any atom is 0.214 e. The van der Waals surface area contributed by atoms with Crippen molar-refractivity contribution in [2.24, 2.45) is 0 Å². The van der Waals surface area contributed by atoms with E-state index in [1.54, 1.807) is 16.8 Å². The SMILES string of the molecule is Fc1ccc(COc2ccccc2CNn2c(-c3ccccc3)n[nH]c2=S)cc1. The van der Waals surface area contributed by atoms with E-state index in [1.807, 2.05) is 54.6 Å². The fourth-order valence-electron chi connectivity index (χ4n) is 2.92. The summed E-state index contributed by atoms with van der Waals surface area (Å²) in [4.78, 5) is 0. The van der Waals surface area contributed by atoms with Crippen LogP contribution in [0.3, 0.4) is 0 Å². The van der Waals surface area contributed by atoms with Crippen molar-refractivity contribution in [3.05, 3.63) is 101 Å². The molecule has 4 rings (SSSR count). The summed E-state index contributed by atoms with van der Waals surface area (Å²) in [5.41, 5.74) is 6.13. The van der Waals surface area contributed by atoms with Crippen LogP contribution in [0.2, 0.25) is 0 Å². The van der Waals surface area contributed by atoms with Crippen molar-refractivity contribution in [2.75, 3.05) is 5.43 Å². The van der Waals surface area contributed by atoms with Gasteiger partial charge >= 0.3 is 0 Å². The van der Waals surface area contributed by atoms with Crippen LogP contribution in [0.1, 0.15) is 11.1 Å². The van der Waals surface area contributed by atoms with Crippen LogP contribution in [0.15, 0.2) is 78.9 Å². The van der Waals surface area contributed by atoms with Gasteiger partial charge < -0.3 is 10.2 Å². The minimum absolute atomic E-state index is 0.260. The monoisotopic (exact) mass is 406 g/mol. The first-order chi connectivity index (χ1) is 14.2. The predicted octanol–water partition coefficient (Wildman–Crippen LogP) is 5.07. The largest absolute Gasteiger partial charge is 0.489 e. The van der Waals surface area contributed by atoms with Crippen molar-refractivity contribution in [1.29, 1.82) is 0 Å². The van der Waals surface area contributed by atoms with Gasteiger partial charge in [0, 0.05) is 11.1 Å². The molecule has 0 saturated carbocycles. The van der Waals surface area contributed by atoms with E-state index in [9.17, 15) is 4.39 Å². The van der Waals surface area contributed by atoms with E-state index >= 15 is 0 Å². The molecule has 0 spiro atoms. The summed E-state index contributed by atoms with van der Waals surface area (Å²) in [7, 11) is 0. The third-order valence-electron chi connectivity index (χ3n) is 4.41. The van der Waals surface area contributed by atoms with Gasteiger partial charge in [-0.2, -0.15) is 5.10 Å². The van der Waals surface area contributed by atoms with Crippen LogP contribution in [0.25, 0.3) is 11.4 Å². The Balaban J connectivity index is 1.49. The topological polar surface area (TPSA) is 54.9 Å². The van der Waals surface area contributed by atoms with Crippen molar-refractivity contribution in [3.63, 3.8) is 0 Å². The third kappa shape index (κ3) is 4.52. The van der Waals surface area contributed by atoms with Gasteiger partial charge in [-0.1, -0.05) is 60.7 Å². The van der Waals surface area contributed by atoms with E-state index in [1.165, 1.54) is 12.1 Å². The summed E-state index contributed by atoms with van der Waals surface area (Å²) < 4.78 is 21.3. The number of H-pyrrole nitrogens is 1. The Kier molecular flexibility index (Phi) is 5.67. The highest BCUT2D eigenvalue weighted by molar-refractivity contribution is 7.71. The van der Waals surface area contributed by atoms with E-state index in [0.29, 0.717) is 23.7 Å². The van der Waals surface area contributed by atoms with Crippen LogP contribution in [-0.2, 0) is 13.2 Å². The normalized spacial score (nSPS) is 10.7. The number of nitrogens with zero attached hydrogens (tertiary/aromatic N) is 2. The number of nitrogens with one attached hydrogen (secondary N) is 2. The molecule has 0 bridgehead atoms. The molecule has 29 heavy (non-hydrogen) atoms. The molecule has 0 aliphatic carbocycles. The molecule has 4 aromatic rings. The van der Waals surface area contributed by atoms with Gasteiger partial charge in [0.1, 0.15) is 18.2 Å². The molecule has 1 aromatic heterocycles. The predicted molar refractivity (Wildman–Crippen MR) is 113 cm³/mol. The molecule has 0 aliphatic heterocycles. The summed E-state index contributed by atoms with van der Waals surface area (Å²) in [6.45, 7) is 0.852. The minimum Gasteiger partial charge on any atom is -0.489 e. The average Bonchev–Trinajstić information content (AvgIpc) is 3.13. The quantitative estimate of drug-likeness (QED) is 0.421. The minimum atomic E-state index is -0.260. The molecule has 7 heteroatoms. The molecule has 0 saturated heterocycles. The Morgan fingerprint density at radius 3 is 2.48 bits per heavy atom. The number of hydrogen-bond acceptors (Lipinski definition) is 4. The lowest BCUT2D eigenvalue weighted by molar-refractivity contribution is 0.303. The maximum absolute atomic E-state index is 13.1. The molecular weight excluding hydrogens is 387 g/mol. The molecule has 0 aliphatic rings. The van der Waals surface area contributed by atoms with Crippen LogP contribution in [0, 0.1) is 10.6 Å². The lowest BCUT2D eigenvalue weighted by Gasteiger charge is -2.14. The molecule has 0 amide bonds. The van der Waals surface area contributed by atoms with Crippen molar-refractivity contribution in [1.82, 2.24) is 14.9 Å². The second kappa shape index (κ2) is 8.70. The fourth-order valence-corrected chi connectivity index (χ4v) is 3.12. The number of ether oxygens (including phenoxy) is 1. The summed E-state index contributed by atoms with van der Waals surface area (Å²) >= 11 is 5.37. The highest BCUT2D eigenvalue weighted by Crippen LogP contribution is 2.21. The van der Waals surface area contributed by atoms with Gasteiger partial charge in [0.05, 0.1) is 6.54 Å². The smallest absolute Gasteiger partial charge is 0.214 e. The van der Waals surface area contributed by atoms with Gasteiger partial charge in [0.25, 0.3) is 0 Å². The first-order valence-electron chi connectivity index (χ1n) is 9.12. The number of benzene rings is 3. The van der Waals surface area contributed by atoms with Gasteiger partial charge in [-0.3, -0.25) is 0 Å². The Labute approximate surface area is 172 Å². The number of aromatic amines is 1. The number of halogens is 1. The Bertz CT molecular complexity index is 1140. The summed E-state index contributed by atoms with van der Waals surface area (Å²) in [6.07, 6.45) is 0. The molecule has 5 nitrogen and oxygen atoms in total. The molecule has 0 radical (unpaired) electrons. The second-order valence-corrected chi connectivity index (χ2v) is 6.80. The van der Waals surface area contributed by atoms with Gasteiger partial charge in [-0.15, -0.1) is 0 Å². The van der Waals surface area contributed by atoms with E-state index in [0.717, 1.165) is 22.4 Å². The van der Waals surface area contributed by atoms with E-state index in [2.05, 4.69) is 15.6 Å². The molecule has 2 N–H and O–H groups in total. The van der Waals surface area contributed by atoms with Gasteiger partial charge in [0.15, 0.2) is 5.82 Å². The Morgan fingerprint density at radius 2 is 1.69 bits per heavy atom. The van der Waals surface area contributed by atoms with E-state index in [4.69, 9.17) is 17.0 Å². The van der Waals surface area contributed by atoms with E-state index in [-0.39, 0.29) is 5.82 Å². The van der Waals surface area contributed by atoms with Gasteiger partial charge in [0.2, 0.25) is 4.77 Å². The van der Waals surface area contributed by atoms with Crippen molar-refractivity contribution >= 4 is 12.2 Å².